The highest BCUT2D eigenvalue weighted by Gasteiger charge is 2.31. The van der Waals surface area contributed by atoms with E-state index >= 15 is 0 Å². The van der Waals surface area contributed by atoms with E-state index in [2.05, 4.69) is 8.37 Å². The molecule has 1 aliphatic rings. The molecule has 0 bridgehead atoms. The lowest BCUT2D eigenvalue weighted by atomic mass is 10.2. The highest BCUT2D eigenvalue weighted by Crippen LogP contribution is 2.42. The molecule has 1 aromatic carbocycles. The molecule has 2 heterocycles. The molecule has 0 saturated carbocycles. The molecule has 1 N–H and O–H groups in total. The molecular formula is C9H4O7S. The third kappa shape index (κ3) is 1.34. The van der Waals surface area contributed by atoms with E-state index < -0.39 is 27.5 Å². The molecule has 3 rings (SSSR count). The third-order valence-corrected chi connectivity index (χ3v) is 2.96. The first-order valence-electron chi connectivity index (χ1n) is 4.40. The van der Waals surface area contributed by atoms with E-state index in [1.54, 1.807) is 0 Å². The fraction of sp³-hybridized carbons (Fsp3) is 0. The number of benzene rings is 1. The Bertz CT molecular complexity index is 787. The first-order chi connectivity index (χ1) is 7.98. The second kappa shape index (κ2) is 2.92. The van der Waals surface area contributed by atoms with Crippen LogP contribution in [0.15, 0.2) is 27.4 Å². The van der Waals surface area contributed by atoms with Crippen molar-refractivity contribution in [1.82, 2.24) is 0 Å². The van der Waals surface area contributed by atoms with Crippen molar-refractivity contribution in [2.75, 3.05) is 0 Å². The van der Waals surface area contributed by atoms with E-state index in [-0.39, 0.29) is 16.7 Å². The zero-order valence-electron chi connectivity index (χ0n) is 8.04. The number of hydrogen-bond acceptors (Lipinski definition) is 7. The molecule has 2 aromatic rings. The van der Waals surface area contributed by atoms with Gasteiger partial charge < -0.3 is 17.9 Å². The molecule has 0 aliphatic carbocycles. The van der Waals surface area contributed by atoms with Gasteiger partial charge in [0.15, 0.2) is 5.75 Å². The molecular weight excluding hydrogens is 252 g/mol. The smallest absolute Gasteiger partial charge is 0.499 e. The summed E-state index contributed by atoms with van der Waals surface area (Å²) in [4.78, 5) is 11.2. The summed E-state index contributed by atoms with van der Waals surface area (Å²) in [5.74, 6) is -1.45. The van der Waals surface area contributed by atoms with Crippen molar-refractivity contribution < 1.29 is 26.3 Å². The molecule has 0 fully saturated rings. The summed E-state index contributed by atoms with van der Waals surface area (Å²) in [7, 11) is -4.32. The van der Waals surface area contributed by atoms with E-state index in [9.17, 15) is 18.3 Å². The van der Waals surface area contributed by atoms with Crippen LogP contribution in [0.1, 0.15) is 0 Å². The number of hydrogen-bond donors (Lipinski definition) is 1. The average molecular weight is 256 g/mol. The van der Waals surface area contributed by atoms with Crippen molar-refractivity contribution in [3.05, 3.63) is 28.6 Å². The maximum Gasteiger partial charge on any atom is 0.501 e. The van der Waals surface area contributed by atoms with Crippen LogP contribution >= 0.6 is 0 Å². The second-order valence-corrected chi connectivity index (χ2v) is 4.42. The summed E-state index contributed by atoms with van der Waals surface area (Å²) in [5.41, 5.74) is -1.02. The summed E-state index contributed by atoms with van der Waals surface area (Å²) in [6.45, 7) is 0. The normalized spacial score (nSPS) is 16.2. The molecule has 7 nitrogen and oxygen atoms in total. The van der Waals surface area contributed by atoms with Crippen LogP contribution in [0, 0.1) is 0 Å². The highest BCUT2D eigenvalue weighted by atomic mass is 32.3. The zero-order valence-corrected chi connectivity index (χ0v) is 8.85. The number of rotatable bonds is 0. The fourth-order valence-corrected chi connectivity index (χ4v) is 2.32. The molecule has 0 spiro atoms. The predicted octanol–water partition coefficient (Wildman–Crippen LogP) is 0.515. The maximum atomic E-state index is 11.2. The van der Waals surface area contributed by atoms with Gasteiger partial charge in [-0.1, -0.05) is 6.07 Å². The van der Waals surface area contributed by atoms with Gasteiger partial charge >= 0.3 is 16.0 Å². The van der Waals surface area contributed by atoms with Crippen LogP contribution in [-0.4, -0.2) is 13.5 Å². The Kier molecular flexibility index (Phi) is 1.71. The summed E-state index contributed by atoms with van der Waals surface area (Å²) in [6, 6.07) is 4.22. The topological polar surface area (TPSA) is 103 Å². The fourth-order valence-electron chi connectivity index (χ4n) is 1.56. The van der Waals surface area contributed by atoms with Crippen LogP contribution in [-0.2, 0) is 10.4 Å². The molecule has 0 unspecified atom stereocenters. The first-order valence-corrected chi connectivity index (χ1v) is 5.74. The lowest BCUT2D eigenvalue weighted by Crippen LogP contribution is -2.21. The van der Waals surface area contributed by atoms with Gasteiger partial charge in [-0.05, 0) is 12.1 Å². The van der Waals surface area contributed by atoms with E-state index in [0.717, 1.165) is 0 Å². The zero-order chi connectivity index (χ0) is 12.2. The lowest BCUT2D eigenvalue weighted by molar-refractivity contribution is 0.356. The van der Waals surface area contributed by atoms with Gasteiger partial charge in [0.2, 0.25) is 11.5 Å². The van der Waals surface area contributed by atoms with Crippen LogP contribution in [0.5, 0.6) is 17.2 Å². The van der Waals surface area contributed by atoms with Crippen molar-refractivity contribution in [2.24, 2.45) is 0 Å². The van der Waals surface area contributed by atoms with Crippen molar-refractivity contribution in [1.29, 1.82) is 0 Å². The van der Waals surface area contributed by atoms with Crippen molar-refractivity contribution >= 4 is 21.4 Å². The molecule has 0 amide bonds. The Hall–Kier alpha value is -2.22. The van der Waals surface area contributed by atoms with Gasteiger partial charge in [-0.3, -0.25) is 0 Å². The van der Waals surface area contributed by atoms with Gasteiger partial charge in [0.05, 0.1) is 0 Å². The highest BCUT2D eigenvalue weighted by molar-refractivity contribution is 7.82. The van der Waals surface area contributed by atoms with Crippen molar-refractivity contribution in [3.8, 4) is 17.2 Å². The summed E-state index contributed by atoms with van der Waals surface area (Å²) in [6.07, 6.45) is 0. The van der Waals surface area contributed by atoms with Crippen LogP contribution in [0.2, 0.25) is 0 Å². The summed E-state index contributed by atoms with van der Waals surface area (Å²) >= 11 is 0. The van der Waals surface area contributed by atoms with Crippen LogP contribution in [0.25, 0.3) is 11.0 Å². The van der Waals surface area contributed by atoms with E-state index in [0.29, 0.717) is 0 Å². The molecule has 1 aliphatic heterocycles. The minimum atomic E-state index is -4.32. The van der Waals surface area contributed by atoms with Gasteiger partial charge in [0.1, 0.15) is 11.0 Å². The SMILES string of the molecule is O=c1oc2cccc3c2c(c1O)OS(=O)(=O)O3. The van der Waals surface area contributed by atoms with Crippen LogP contribution in [0.4, 0.5) is 0 Å². The van der Waals surface area contributed by atoms with Crippen LogP contribution < -0.4 is 14.0 Å². The van der Waals surface area contributed by atoms with Gasteiger partial charge in [-0.15, -0.1) is 8.42 Å². The summed E-state index contributed by atoms with van der Waals surface area (Å²) < 4.78 is 36.2. The monoisotopic (exact) mass is 256 g/mol. The van der Waals surface area contributed by atoms with Gasteiger partial charge in [0.25, 0.3) is 0 Å². The molecule has 88 valence electrons. The van der Waals surface area contributed by atoms with E-state index in [1.807, 2.05) is 0 Å². The van der Waals surface area contributed by atoms with Crippen molar-refractivity contribution in [3.63, 3.8) is 0 Å². The number of aromatic hydroxyl groups is 1. The van der Waals surface area contributed by atoms with Crippen molar-refractivity contribution in [2.45, 2.75) is 0 Å². The Morgan fingerprint density at radius 1 is 1.18 bits per heavy atom. The summed E-state index contributed by atoms with van der Waals surface area (Å²) in [5, 5.41) is 9.53. The van der Waals surface area contributed by atoms with Crippen LogP contribution in [0.3, 0.4) is 0 Å². The van der Waals surface area contributed by atoms with Gasteiger partial charge in [0, 0.05) is 0 Å². The molecule has 1 aromatic heterocycles. The lowest BCUT2D eigenvalue weighted by Gasteiger charge is -2.17. The average Bonchev–Trinajstić information content (AvgIpc) is 2.24. The van der Waals surface area contributed by atoms with Gasteiger partial charge in [-0.25, -0.2) is 4.79 Å². The molecule has 0 saturated heterocycles. The molecule has 0 atom stereocenters. The predicted molar refractivity (Wildman–Crippen MR) is 54.3 cm³/mol. The Labute approximate surface area is 94.1 Å². The van der Waals surface area contributed by atoms with Gasteiger partial charge in [-0.2, -0.15) is 0 Å². The van der Waals surface area contributed by atoms with E-state index in [4.69, 9.17) is 4.42 Å². The molecule has 8 heteroatoms. The second-order valence-electron chi connectivity index (χ2n) is 3.27. The first kappa shape index (κ1) is 9.97. The largest absolute Gasteiger partial charge is 0.501 e. The third-order valence-electron chi connectivity index (χ3n) is 2.20. The Balaban J connectivity index is 2.56. The minimum Gasteiger partial charge on any atom is -0.499 e. The Morgan fingerprint density at radius 2 is 1.94 bits per heavy atom. The standard InChI is InChI=1S/C9H4O7S/c10-7-8-6-4(14-9(7)11)2-1-3-5(6)15-17(12,13)16-8/h1-3,10H. The quantitative estimate of drug-likeness (QED) is 0.685. The minimum absolute atomic E-state index is 0.0650. The maximum absolute atomic E-state index is 11.2. The molecule has 0 radical (unpaired) electrons. The van der Waals surface area contributed by atoms with E-state index in [1.165, 1.54) is 18.2 Å². The Morgan fingerprint density at radius 3 is 2.71 bits per heavy atom. The molecule has 17 heavy (non-hydrogen) atoms.